The van der Waals surface area contributed by atoms with Gasteiger partial charge in [0.2, 0.25) is 17.7 Å². The van der Waals surface area contributed by atoms with Gasteiger partial charge in [-0.3, -0.25) is 19.2 Å². The molecule has 3 amide bonds. The van der Waals surface area contributed by atoms with Gasteiger partial charge in [-0.15, -0.1) is 0 Å². The summed E-state index contributed by atoms with van der Waals surface area (Å²) in [6.45, 7) is 1.60. The number of aliphatic carboxylic acids is 2. The zero-order chi connectivity index (χ0) is 27.3. The van der Waals surface area contributed by atoms with E-state index < -0.39 is 66.4 Å². The number of aliphatic hydroxyl groups is 1. The van der Waals surface area contributed by atoms with E-state index >= 15 is 0 Å². The summed E-state index contributed by atoms with van der Waals surface area (Å²) in [6, 6.07) is -5.28. The molecule has 0 aliphatic rings. The minimum Gasteiger partial charge on any atom is -0.481 e. The molecular weight excluding hydrogens is 478 g/mol. The number of carbonyl (C=O) groups is 5. The van der Waals surface area contributed by atoms with Gasteiger partial charge in [-0.2, -0.15) is 0 Å². The van der Waals surface area contributed by atoms with Crippen molar-refractivity contribution in [3.8, 4) is 0 Å². The Bertz CT molecular complexity index is 878. The molecule has 15 heteroatoms. The molecule has 0 fully saturated rings. The van der Waals surface area contributed by atoms with Crippen molar-refractivity contribution in [2.75, 3.05) is 6.54 Å². The fraction of sp³-hybridized carbons (Fsp3) is 0.619. The van der Waals surface area contributed by atoms with Crippen LogP contribution in [0.2, 0.25) is 0 Å². The van der Waals surface area contributed by atoms with E-state index in [0.29, 0.717) is 31.5 Å². The summed E-state index contributed by atoms with van der Waals surface area (Å²) >= 11 is 0. The van der Waals surface area contributed by atoms with E-state index in [4.69, 9.17) is 16.6 Å². The van der Waals surface area contributed by atoms with Crippen molar-refractivity contribution in [3.63, 3.8) is 0 Å². The van der Waals surface area contributed by atoms with Crippen molar-refractivity contribution in [2.45, 2.75) is 75.7 Å². The number of unbranched alkanes of at least 4 members (excludes halogenated alkanes) is 1. The first-order valence-corrected chi connectivity index (χ1v) is 11.4. The maximum Gasteiger partial charge on any atom is 0.328 e. The van der Waals surface area contributed by atoms with Crippen LogP contribution in [0.15, 0.2) is 12.5 Å². The molecule has 0 aliphatic heterocycles. The molecule has 1 rings (SSSR count). The number of rotatable bonds is 17. The minimum absolute atomic E-state index is 0.137. The molecule has 36 heavy (non-hydrogen) atoms. The standard InChI is InChI=1S/C21H35N7O8/c1-11(29)17(21(35)36)28-20(34)15(8-12-9-24-10-25-12)27-19(33)14(5-6-16(30)31)26-18(32)13(23)4-2-3-7-22/h9-11,13-15,17,29H,2-8,22-23H2,1H3,(H,24,25)(H,26,32)(H,27,33)(H,28,34)(H,30,31)(H,35,36). The average molecular weight is 514 g/mol. The Labute approximate surface area is 207 Å². The van der Waals surface area contributed by atoms with Crippen molar-refractivity contribution in [2.24, 2.45) is 11.5 Å². The van der Waals surface area contributed by atoms with Crippen molar-refractivity contribution in [1.29, 1.82) is 0 Å². The van der Waals surface area contributed by atoms with Crippen LogP contribution in [0, 0.1) is 0 Å². The monoisotopic (exact) mass is 513 g/mol. The highest BCUT2D eigenvalue weighted by atomic mass is 16.4. The van der Waals surface area contributed by atoms with Crippen LogP contribution in [0.3, 0.4) is 0 Å². The summed E-state index contributed by atoms with van der Waals surface area (Å²) in [4.78, 5) is 67.4. The van der Waals surface area contributed by atoms with E-state index in [9.17, 15) is 34.2 Å². The Hall–Kier alpha value is -3.56. The average Bonchev–Trinajstić information content (AvgIpc) is 3.31. The lowest BCUT2D eigenvalue weighted by Crippen LogP contribution is -2.58. The number of amides is 3. The van der Waals surface area contributed by atoms with E-state index in [1.165, 1.54) is 19.4 Å². The number of hydrogen-bond acceptors (Lipinski definition) is 9. The number of nitrogens with one attached hydrogen (secondary N) is 4. The van der Waals surface area contributed by atoms with Gasteiger partial charge in [0.05, 0.1) is 18.5 Å². The van der Waals surface area contributed by atoms with Gasteiger partial charge in [0.15, 0.2) is 6.04 Å². The molecule has 1 aromatic rings. The second-order valence-electron chi connectivity index (χ2n) is 8.29. The van der Waals surface area contributed by atoms with Gasteiger partial charge in [-0.05, 0) is 32.7 Å². The predicted molar refractivity (Wildman–Crippen MR) is 125 cm³/mol. The molecule has 0 saturated carbocycles. The minimum atomic E-state index is -1.65. The quantitative estimate of drug-likeness (QED) is 0.0960. The first-order valence-electron chi connectivity index (χ1n) is 11.4. The lowest BCUT2D eigenvalue weighted by Gasteiger charge is -2.25. The van der Waals surface area contributed by atoms with Crippen LogP contribution < -0.4 is 27.4 Å². The van der Waals surface area contributed by atoms with Gasteiger partial charge < -0.3 is 47.7 Å². The Morgan fingerprint density at radius 1 is 1.00 bits per heavy atom. The van der Waals surface area contributed by atoms with Crippen LogP contribution in [0.4, 0.5) is 0 Å². The Balaban J connectivity index is 3.04. The highest BCUT2D eigenvalue weighted by Crippen LogP contribution is 2.06. The number of nitrogens with two attached hydrogens (primary N) is 2. The molecule has 5 unspecified atom stereocenters. The van der Waals surface area contributed by atoms with E-state index in [1.54, 1.807) is 0 Å². The summed E-state index contributed by atoms with van der Waals surface area (Å²) in [5.74, 6) is -5.16. The lowest BCUT2D eigenvalue weighted by atomic mass is 10.1. The summed E-state index contributed by atoms with van der Waals surface area (Å²) in [7, 11) is 0. The van der Waals surface area contributed by atoms with E-state index in [0.717, 1.165) is 0 Å². The smallest absolute Gasteiger partial charge is 0.328 e. The zero-order valence-corrected chi connectivity index (χ0v) is 20.0. The lowest BCUT2D eigenvalue weighted by molar-refractivity contribution is -0.145. The number of hydrogen-bond donors (Lipinski definition) is 9. The molecule has 0 radical (unpaired) electrons. The maximum atomic E-state index is 13.0. The molecule has 0 saturated heterocycles. The van der Waals surface area contributed by atoms with Gasteiger partial charge in [-0.1, -0.05) is 6.42 Å². The SMILES string of the molecule is CC(O)C(NC(=O)C(Cc1cnc[nH]1)NC(=O)C(CCC(=O)O)NC(=O)C(N)CCCCN)C(=O)O. The molecule has 0 spiro atoms. The zero-order valence-electron chi connectivity index (χ0n) is 20.0. The van der Waals surface area contributed by atoms with Crippen LogP contribution in [0.25, 0.3) is 0 Å². The largest absolute Gasteiger partial charge is 0.481 e. The van der Waals surface area contributed by atoms with Gasteiger partial charge in [0.25, 0.3) is 0 Å². The summed E-state index contributed by atoms with van der Waals surface area (Å²) in [5.41, 5.74) is 11.7. The molecule has 11 N–H and O–H groups in total. The number of carboxylic acid groups (broad SMARTS) is 2. The molecule has 1 heterocycles. The van der Waals surface area contributed by atoms with Gasteiger partial charge in [0, 0.05) is 24.7 Å². The fourth-order valence-electron chi connectivity index (χ4n) is 3.20. The van der Waals surface area contributed by atoms with Gasteiger partial charge in [0.1, 0.15) is 12.1 Å². The second kappa shape index (κ2) is 15.4. The Morgan fingerprint density at radius 2 is 1.64 bits per heavy atom. The van der Waals surface area contributed by atoms with Gasteiger partial charge >= 0.3 is 11.9 Å². The van der Waals surface area contributed by atoms with Crippen molar-refractivity contribution < 1.29 is 39.3 Å². The molecule has 1 aromatic heterocycles. The molecule has 202 valence electrons. The predicted octanol–water partition coefficient (Wildman–Crippen LogP) is -2.81. The number of carboxylic acids is 2. The van der Waals surface area contributed by atoms with Gasteiger partial charge in [-0.25, -0.2) is 9.78 Å². The van der Waals surface area contributed by atoms with Crippen LogP contribution in [0.1, 0.15) is 44.7 Å². The van der Waals surface area contributed by atoms with E-state index in [1.807, 2.05) is 0 Å². The first-order chi connectivity index (χ1) is 17.0. The number of aliphatic hydroxyl groups excluding tert-OH is 1. The third-order valence-electron chi connectivity index (χ3n) is 5.24. The number of carbonyl (C=O) groups excluding carboxylic acids is 3. The molecule has 15 nitrogen and oxygen atoms in total. The van der Waals surface area contributed by atoms with Crippen LogP contribution in [-0.4, -0.2) is 91.8 Å². The highest BCUT2D eigenvalue weighted by Gasteiger charge is 2.32. The Morgan fingerprint density at radius 3 is 2.17 bits per heavy atom. The van der Waals surface area contributed by atoms with Crippen molar-refractivity contribution >= 4 is 29.7 Å². The highest BCUT2D eigenvalue weighted by molar-refractivity contribution is 5.94. The van der Waals surface area contributed by atoms with E-state index in [-0.39, 0.29) is 12.8 Å². The second-order valence-corrected chi connectivity index (χ2v) is 8.29. The maximum absolute atomic E-state index is 13.0. The third kappa shape index (κ3) is 10.8. The number of aromatic nitrogens is 2. The summed E-state index contributed by atoms with van der Waals surface area (Å²) < 4.78 is 0. The third-order valence-corrected chi connectivity index (χ3v) is 5.24. The van der Waals surface area contributed by atoms with Crippen LogP contribution in [0.5, 0.6) is 0 Å². The van der Waals surface area contributed by atoms with Crippen LogP contribution in [-0.2, 0) is 30.4 Å². The fourth-order valence-corrected chi connectivity index (χ4v) is 3.20. The van der Waals surface area contributed by atoms with Crippen LogP contribution >= 0.6 is 0 Å². The molecule has 0 aromatic carbocycles. The number of nitrogens with zero attached hydrogens (tertiary/aromatic N) is 1. The Kier molecular flexibility index (Phi) is 13.1. The number of imidazole rings is 1. The molecule has 0 bridgehead atoms. The summed E-state index contributed by atoms with van der Waals surface area (Å²) in [5, 5.41) is 35.0. The normalized spacial score (nSPS) is 15.1. The number of H-pyrrole nitrogens is 1. The first kappa shape index (κ1) is 30.5. The molecule has 5 atom stereocenters. The van der Waals surface area contributed by atoms with Crippen molar-refractivity contribution in [3.05, 3.63) is 18.2 Å². The molecule has 0 aliphatic carbocycles. The topological polar surface area (TPSA) is 263 Å². The number of aromatic amines is 1. The van der Waals surface area contributed by atoms with Crippen molar-refractivity contribution in [1.82, 2.24) is 25.9 Å². The molecular formula is C21H35N7O8. The van der Waals surface area contributed by atoms with E-state index in [2.05, 4.69) is 25.9 Å². The summed E-state index contributed by atoms with van der Waals surface area (Å²) in [6.07, 6.45) is 1.95.